The molecule has 0 bridgehead atoms. The zero-order chi connectivity index (χ0) is 14.1. The molecule has 1 aromatic rings. The van der Waals surface area contributed by atoms with Gasteiger partial charge in [-0.3, -0.25) is 4.79 Å². The molecule has 1 aromatic carbocycles. The molecule has 0 aromatic heterocycles. The maximum Gasteiger partial charge on any atom is 0.314 e. The first kappa shape index (κ1) is 14.0. The fourth-order valence-corrected chi connectivity index (χ4v) is 3.00. The Bertz CT molecular complexity index is 568. The van der Waals surface area contributed by atoms with E-state index >= 15 is 0 Å². The molecule has 0 atom stereocenters. The number of ether oxygens (including phenoxy) is 1. The molecule has 1 heterocycles. The van der Waals surface area contributed by atoms with Crippen molar-refractivity contribution < 1.29 is 23.1 Å². The second-order valence-corrected chi connectivity index (χ2v) is 6.81. The van der Waals surface area contributed by atoms with Gasteiger partial charge in [-0.25, -0.2) is 8.42 Å². The first-order chi connectivity index (χ1) is 8.86. The summed E-state index contributed by atoms with van der Waals surface area (Å²) in [6, 6.07) is 6.11. The number of rotatable bonds is 3. The van der Waals surface area contributed by atoms with E-state index in [-0.39, 0.29) is 4.90 Å². The highest BCUT2D eigenvalue weighted by molar-refractivity contribution is 7.90. The molecular weight excluding hydrogens is 268 g/mol. The molecule has 0 aliphatic carbocycles. The Morgan fingerprint density at radius 2 is 1.74 bits per heavy atom. The van der Waals surface area contributed by atoms with Gasteiger partial charge >= 0.3 is 5.97 Å². The molecule has 19 heavy (non-hydrogen) atoms. The fraction of sp³-hybridized carbons (Fsp3) is 0.462. The Balaban J connectivity index is 2.41. The standard InChI is InChI=1S/C13H16O5S/c1-19(16,17)11-4-2-10(3-5-11)13(12(14)15)6-8-18-9-7-13/h2-5H,6-9H2,1H3,(H,14,15). The van der Waals surface area contributed by atoms with E-state index < -0.39 is 21.2 Å². The normalized spacial score (nSPS) is 19.0. The molecule has 0 saturated carbocycles. The molecule has 1 saturated heterocycles. The van der Waals surface area contributed by atoms with Crippen LogP contribution in [0, 0.1) is 0 Å². The van der Waals surface area contributed by atoms with Gasteiger partial charge in [0.15, 0.2) is 9.84 Å². The molecule has 0 radical (unpaired) electrons. The van der Waals surface area contributed by atoms with Crippen LogP contribution in [0.4, 0.5) is 0 Å². The second kappa shape index (κ2) is 4.94. The summed E-state index contributed by atoms with van der Waals surface area (Å²) in [6.07, 6.45) is 1.94. The zero-order valence-electron chi connectivity index (χ0n) is 10.6. The van der Waals surface area contributed by atoms with Gasteiger partial charge in [0.2, 0.25) is 0 Å². The van der Waals surface area contributed by atoms with Gasteiger partial charge in [-0.2, -0.15) is 0 Å². The van der Waals surface area contributed by atoms with Crippen molar-refractivity contribution in [3.63, 3.8) is 0 Å². The van der Waals surface area contributed by atoms with Crippen LogP contribution in [0.25, 0.3) is 0 Å². The van der Waals surface area contributed by atoms with Crippen LogP contribution in [-0.2, 0) is 24.8 Å². The molecule has 1 aliphatic rings. The van der Waals surface area contributed by atoms with Crippen LogP contribution < -0.4 is 0 Å². The van der Waals surface area contributed by atoms with Crippen LogP contribution in [0.3, 0.4) is 0 Å². The molecule has 104 valence electrons. The highest BCUT2D eigenvalue weighted by Crippen LogP contribution is 2.35. The van der Waals surface area contributed by atoms with Gasteiger partial charge in [-0.05, 0) is 30.5 Å². The number of aliphatic carboxylic acids is 1. The van der Waals surface area contributed by atoms with Gasteiger partial charge in [-0.1, -0.05) is 12.1 Å². The zero-order valence-corrected chi connectivity index (χ0v) is 11.4. The highest BCUT2D eigenvalue weighted by atomic mass is 32.2. The summed E-state index contributed by atoms with van der Waals surface area (Å²) in [5.41, 5.74) is -0.329. The number of benzene rings is 1. The molecular formula is C13H16O5S. The molecule has 0 spiro atoms. The van der Waals surface area contributed by atoms with E-state index in [0.717, 1.165) is 6.26 Å². The number of carboxylic acids is 1. The van der Waals surface area contributed by atoms with Crippen LogP contribution in [0.2, 0.25) is 0 Å². The summed E-state index contributed by atoms with van der Waals surface area (Å²) >= 11 is 0. The lowest BCUT2D eigenvalue weighted by atomic mass is 9.74. The smallest absolute Gasteiger partial charge is 0.314 e. The Hall–Kier alpha value is -1.40. The molecule has 6 heteroatoms. The summed E-state index contributed by atoms with van der Waals surface area (Å²) in [5.74, 6) is -0.886. The van der Waals surface area contributed by atoms with Crippen LogP contribution in [0.15, 0.2) is 29.2 Å². The van der Waals surface area contributed by atoms with E-state index in [0.29, 0.717) is 31.6 Å². The van der Waals surface area contributed by atoms with Gasteiger partial charge in [0.05, 0.1) is 10.3 Å². The molecule has 1 aliphatic heterocycles. The summed E-state index contributed by atoms with van der Waals surface area (Å²) < 4.78 is 28.0. The van der Waals surface area contributed by atoms with Crippen molar-refractivity contribution in [1.29, 1.82) is 0 Å². The molecule has 1 N–H and O–H groups in total. The van der Waals surface area contributed by atoms with Crippen molar-refractivity contribution in [2.75, 3.05) is 19.5 Å². The maximum atomic E-state index is 11.6. The largest absolute Gasteiger partial charge is 0.481 e. The van der Waals surface area contributed by atoms with Crippen LogP contribution in [-0.4, -0.2) is 39.0 Å². The third-order valence-corrected chi connectivity index (χ3v) is 4.72. The average Bonchev–Trinajstić information content (AvgIpc) is 2.38. The highest BCUT2D eigenvalue weighted by Gasteiger charge is 2.41. The van der Waals surface area contributed by atoms with Gasteiger partial charge in [0.25, 0.3) is 0 Å². The first-order valence-electron chi connectivity index (χ1n) is 5.98. The maximum absolute atomic E-state index is 11.6. The minimum absolute atomic E-state index is 0.198. The Morgan fingerprint density at radius 3 is 2.16 bits per heavy atom. The van der Waals surface area contributed by atoms with E-state index in [2.05, 4.69) is 0 Å². The van der Waals surface area contributed by atoms with Crippen LogP contribution >= 0.6 is 0 Å². The number of hydrogen-bond donors (Lipinski definition) is 1. The van der Waals surface area contributed by atoms with E-state index in [1.54, 1.807) is 12.1 Å². The van der Waals surface area contributed by atoms with E-state index in [4.69, 9.17) is 4.74 Å². The summed E-state index contributed by atoms with van der Waals surface area (Å²) in [5, 5.41) is 9.50. The molecule has 5 nitrogen and oxygen atoms in total. The first-order valence-corrected chi connectivity index (χ1v) is 7.87. The predicted molar refractivity (Wildman–Crippen MR) is 68.9 cm³/mol. The second-order valence-electron chi connectivity index (χ2n) is 4.80. The summed E-state index contributed by atoms with van der Waals surface area (Å²) in [4.78, 5) is 11.8. The fourth-order valence-electron chi connectivity index (χ4n) is 2.37. The van der Waals surface area contributed by atoms with Gasteiger partial charge in [0.1, 0.15) is 0 Å². The quantitative estimate of drug-likeness (QED) is 0.902. The lowest BCUT2D eigenvalue weighted by Gasteiger charge is -2.33. The van der Waals surface area contributed by atoms with E-state index in [9.17, 15) is 18.3 Å². The van der Waals surface area contributed by atoms with Gasteiger partial charge in [0, 0.05) is 19.5 Å². The number of carbonyl (C=O) groups is 1. The van der Waals surface area contributed by atoms with Crippen molar-refractivity contribution in [2.45, 2.75) is 23.2 Å². The van der Waals surface area contributed by atoms with Gasteiger partial charge < -0.3 is 9.84 Å². The monoisotopic (exact) mass is 284 g/mol. The minimum atomic E-state index is -3.26. The van der Waals surface area contributed by atoms with Crippen molar-refractivity contribution in [3.05, 3.63) is 29.8 Å². The SMILES string of the molecule is CS(=O)(=O)c1ccc(C2(C(=O)O)CCOCC2)cc1. The van der Waals surface area contributed by atoms with Crippen LogP contribution in [0.5, 0.6) is 0 Å². The number of sulfone groups is 1. The molecule has 1 fully saturated rings. The number of hydrogen-bond acceptors (Lipinski definition) is 4. The third-order valence-electron chi connectivity index (χ3n) is 3.59. The van der Waals surface area contributed by atoms with Crippen molar-refractivity contribution >= 4 is 15.8 Å². The van der Waals surface area contributed by atoms with Crippen molar-refractivity contribution in [1.82, 2.24) is 0 Å². The van der Waals surface area contributed by atoms with Crippen molar-refractivity contribution in [2.24, 2.45) is 0 Å². The average molecular weight is 284 g/mol. The van der Waals surface area contributed by atoms with Crippen molar-refractivity contribution in [3.8, 4) is 0 Å². The van der Waals surface area contributed by atoms with E-state index in [1.807, 2.05) is 0 Å². The predicted octanol–water partition coefficient (Wildman–Crippen LogP) is 1.22. The van der Waals surface area contributed by atoms with E-state index in [1.165, 1.54) is 12.1 Å². The third kappa shape index (κ3) is 2.64. The summed E-state index contributed by atoms with van der Waals surface area (Å²) in [6.45, 7) is 0.806. The Kier molecular flexibility index (Phi) is 3.64. The lowest BCUT2D eigenvalue weighted by Crippen LogP contribution is -2.41. The summed E-state index contributed by atoms with van der Waals surface area (Å²) in [7, 11) is -3.26. The minimum Gasteiger partial charge on any atom is -0.481 e. The molecule has 2 rings (SSSR count). The molecule has 0 amide bonds. The number of carboxylic acid groups (broad SMARTS) is 1. The lowest BCUT2D eigenvalue weighted by molar-refractivity contribution is -0.147. The van der Waals surface area contributed by atoms with Gasteiger partial charge in [-0.15, -0.1) is 0 Å². The Morgan fingerprint density at radius 1 is 1.21 bits per heavy atom. The van der Waals surface area contributed by atoms with Crippen LogP contribution in [0.1, 0.15) is 18.4 Å². The topological polar surface area (TPSA) is 80.7 Å². The Labute approximate surface area is 112 Å². The molecule has 0 unspecified atom stereocenters.